The Bertz CT molecular complexity index is 429. The number of nitrogens with one attached hydrogen (secondary N) is 1. The van der Waals surface area contributed by atoms with E-state index in [0.717, 1.165) is 44.5 Å². The van der Waals surface area contributed by atoms with Crippen LogP contribution in [0.2, 0.25) is 0 Å². The van der Waals surface area contributed by atoms with E-state index < -0.39 is 0 Å². The number of fused-ring (bicyclic) bond motifs is 1. The molecule has 1 aliphatic heterocycles. The van der Waals surface area contributed by atoms with Crippen LogP contribution in [-0.4, -0.2) is 37.7 Å². The average molecular weight is 288 g/mol. The van der Waals surface area contributed by atoms with Crippen LogP contribution in [0.15, 0.2) is 24.3 Å². The maximum atomic E-state index is 5.82. The molecule has 2 aliphatic rings. The minimum Gasteiger partial charge on any atom is -0.492 e. The summed E-state index contributed by atoms with van der Waals surface area (Å²) in [6, 6.07) is 8.43. The topological polar surface area (TPSA) is 24.5 Å². The Morgan fingerprint density at radius 1 is 1.14 bits per heavy atom. The van der Waals surface area contributed by atoms with Gasteiger partial charge in [-0.15, -0.1) is 0 Å². The summed E-state index contributed by atoms with van der Waals surface area (Å²) in [5, 5.41) is 3.66. The highest BCUT2D eigenvalue weighted by molar-refractivity contribution is 5.33. The lowest BCUT2D eigenvalue weighted by Gasteiger charge is -2.23. The molecule has 1 heterocycles. The Kier molecular flexibility index (Phi) is 5.53. The third kappa shape index (κ3) is 4.45. The van der Waals surface area contributed by atoms with Gasteiger partial charge in [0.05, 0.1) is 0 Å². The Morgan fingerprint density at radius 3 is 2.90 bits per heavy atom. The van der Waals surface area contributed by atoms with E-state index in [1.54, 1.807) is 0 Å². The molecular weight excluding hydrogens is 260 g/mol. The van der Waals surface area contributed by atoms with Gasteiger partial charge in [-0.05, 0) is 31.4 Å². The van der Waals surface area contributed by atoms with Crippen molar-refractivity contribution in [3.05, 3.63) is 29.8 Å². The Balaban J connectivity index is 1.39. The second-order valence-corrected chi connectivity index (χ2v) is 6.44. The summed E-state index contributed by atoms with van der Waals surface area (Å²) in [4.78, 5) is 2.50. The van der Waals surface area contributed by atoms with E-state index in [-0.39, 0.29) is 0 Å². The van der Waals surface area contributed by atoms with Gasteiger partial charge in [-0.3, -0.25) is 4.90 Å². The molecule has 1 fully saturated rings. The minimum absolute atomic E-state index is 0.805. The molecule has 0 atom stereocenters. The number of benzene rings is 1. The lowest BCUT2D eigenvalue weighted by Crippen LogP contribution is -2.35. The van der Waals surface area contributed by atoms with E-state index in [1.165, 1.54) is 44.2 Å². The van der Waals surface area contributed by atoms with Crippen molar-refractivity contribution in [2.24, 2.45) is 5.92 Å². The molecule has 1 saturated carbocycles. The smallest absolute Gasteiger partial charge is 0.123 e. The van der Waals surface area contributed by atoms with Crippen molar-refractivity contribution < 1.29 is 4.74 Å². The summed E-state index contributed by atoms with van der Waals surface area (Å²) < 4.78 is 5.82. The SMILES string of the molecule is c1ccc2c(c1)CN(CCNCC1CCCCC1)CCO2. The molecule has 1 aromatic carbocycles. The monoisotopic (exact) mass is 288 g/mol. The molecule has 3 heteroatoms. The van der Waals surface area contributed by atoms with Crippen LogP contribution in [0.4, 0.5) is 0 Å². The van der Waals surface area contributed by atoms with E-state index in [4.69, 9.17) is 4.74 Å². The molecule has 3 rings (SSSR count). The predicted octanol–water partition coefficient (Wildman–Crippen LogP) is 3.05. The zero-order valence-corrected chi connectivity index (χ0v) is 13.0. The van der Waals surface area contributed by atoms with Crippen molar-refractivity contribution in [2.45, 2.75) is 38.6 Å². The van der Waals surface area contributed by atoms with Gasteiger partial charge in [0.25, 0.3) is 0 Å². The Morgan fingerprint density at radius 2 is 2.00 bits per heavy atom. The summed E-state index contributed by atoms with van der Waals surface area (Å²) >= 11 is 0. The molecule has 116 valence electrons. The van der Waals surface area contributed by atoms with Gasteiger partial charge in [0.15, 0.2) is 0 Å². The van der Waals surface area contributed by atoms with Crippen molar-refractivity contribution >= 4 is 0 Å². The van der Waals surface area contributed by atoms with Crippen LogP contribution in [0.25, 0.3) is 0 Å². The first-order valence-electron chi connectivity index (χ1n) is 8.55. The predicted molar refractivity (Wildman–Crippen MR) is 86.7 cm³/mol. The lowest BCUT2D eigenvalue weighted by molar-refractivity contribution is 0.223. The highest BCUT2D eigenvalue weighted by Crippen LogP contribution is 2.23. The van der Waals surface area contributed by atoms with Gasteiger partial charge in [0, 0.05) is 31.7 Å². The van der Waals surface area contributed by atoms with Crippen molar-refractivity contribution in [3.8, 4) is 5.75 Å². The Hall–Kier alpha value is -1.06. The summed E-state index contributed by atoms with van der Waals surface area (Å²) in [7, 11) is 0. The van der Waals surface area contributed by atoms with E-state index in [2.05, 4.69) is 34.5 Å². The number of rotatable bonds is 5. The molecule has 3 nitrogen and oxygen atoms in total. The van der Waals surface area contributed by atoms with E-state index in [0.29, 0.717) is 0 Å². The molecule has 0 bridgehead atoms. The molecule has 1 N–H and O–H groups in total. The molecule has 0 unspecified atom stereocenters. The first-order chi connectivity index (χ1) is 10.4. The first-order valence-corrected chi connectivity index (χ1v) is 8.55. The van der Waals surface area contributed by atoms with Crippen LogP contribution >= 0.6 is 0 Å². The van der Waals surface area contributed by atoms with Gasteiger partial charge >= 0.3 is 0 Å². The quantitative estimate of drug-likeness (QED) is 0.843. The van der Waals surface area contributed by atoms with Crippen molar-refractivity contribution in [3.63, 3.8) is 0 Å². The van der Waals surface area contributed by atoms with Crippen LogP contribution in [0, 0.1) is 5.92 Å². The summed E-state index contributed by atoms with van der Waals surface area (Å²) in [5.74, 6) is 1.99. The zero-order valence-electron chi connectivity index (χ0n) is 13.0. The van der Waals surface area contributed by atoms with Crippen molar-refractivity contribution in [1.82, 2.24) is 10.2 Å². The fraction of sp³-hybridized carbons (Fsp3) is 0.667. The highest BCUT2D eigenvalue weighted by Gasteiger charge is 2.15. The van der Waals surface area contributed by atoms with E-state index in [1.807, 2.05) is 0 Å². The van der Waals surface area contributed by atoms with Gasteiger partial charge in [0.1, 0.15) is 12.4 Å². The molecule has 0 amide bonds. The van der Waals surface area contributed by atoms with Crippen LogP contribution in [-0.2, 0) is 6.54 Å². The molecule has 21 heavy (non-hydrogen) atoms. The molecule has 0 aromatic heterocycles. The molecule has 0 radical (unpaired) electrons. The van der Waals surface area contributed by atoms with E-state index >= 15 is 0 Å². The normalized spacial score (nSPS) is 20.6. The zero-order chi connectivity index (χ0) is 14.3. The minimum atomic E-state index is 0.805. The van der Waals surface area contributed by atoms with Gasteiger partial charge in [0.2, 0.25) is 0 Å². The maximum Gasteiger partial charge on any atom is 0.123 e. The van der Waals surface area contributed by atoms with Crippen LogP contribution in [0.5, 0.6) is 5.75 Å². The average Bonchev–Trinajstić information content (AvgIpc) is 2.74. The van der Waals surface area contributed by atoms with Gasteiger partial charge in [-0.1, -0.05) is 37.5 Å². The fourth-order valence-electron chi connectivity index (χ4n) is 3.51. The fourth-order valence-corrected chi connectivity index (χ4v) is 3.51. The number of hydrogen-bond donors (Lipinski definition) is 1. The summed E-state index contributed by atoms with van der Waals surface area (Å²) in [6.07, 6.45) is 7.18. The van der Waals surface area contributed by atoms with Crippen LogP contribution in [0.1, 0.15) is 37.7 Å². The third-order valence-corrected chi connectivity index (χ3v) is 4.79. The second-order valence-electron chi connectivity index (χ2n) is 6.44. The number of para-hydroxylation sites is 1. The standard InChI is InChI=1S/C18H28N2O/c1-2-6-16(7-3-1)14-19-10-11-20-12-13-21-18-9-5-4-8-17(18)15-20/h4-5,8-9,16,19H,1-3,6-7,10-15H2. The van der Waals surface area contributed by atoms with Gasteiger partial charge in [-0.2, -0.15) is 0 Å². The highest BCUT2D eigenvalue weighted by atomic mass is 16.5. The lowest BCUT2D eigenvalue weighted by atomic mass is 9.89. The first kappa shape index (κ1) is 14.9. The van der Waals surface area contributed by atoms with Crippen molar-refractivity contribution in [1.29, 1.82) is 0 Å². The van der Waals surface area contributed by atoms with E-state index in [9.17, 15) is 0 Å². The van der Waals surface area contributed by atoms with Crippen LogP contribution in [0.3, 0.4) is 0 Å². The van der Waals surface area contributed by atoms with Gasteiger partial charge in [-0.25, -0.2) is 0 Å². The maximum absolute atomic E-state index is 5.82. The molecule has 1 aromatic rings. The summed E-state index contributed by atoms with van der Waals surface area (Å²) in [6.45, 7) is 6.27. The van der Waals surface area contributed by atoms with Gasteiger partial charge < -0.3 is 10.1 Å². The third-order valence-electron chi connectivity index (χ3n) is 4.79. The molecule has 0 spiro atoms. The number of ether oxygens (including phenoxy) is 1. The number of nitrogens with zero attached hydrogens (tertiary/aromatic N) is 1. The number of hydrogen-bond acceptors (Lipinski definition) is 3. The second kappa shape index (κ2) is 7.81. The molecule has 0 saturated heterocycles. The summed E-state index contributed by atoms with van der Waals surface area (Å²) in [5.41, 5.74) is 1.32. The Labute approximate surface area is 128 Å². The van der Waals surface area contributed by atoms with Crippen molar-refractivity contribution in [2.75, 3.05) is 32.8 Å². The molecular formula is C18H28N2O. The largest absolute Gasteiger partial charge is 0.492 e. The molecule has 1 aliphatic carbocycles. The van der Waals surface area contributed by atoms with Crippen LogP contribution < -0.4 is 10.1 Å².